The van der Waals surface area contributed by atoms with Crippen molar-refractivity contribution in [3.8, 4) is 11.6 Å². The molecule has 0 amide bonds. The van der Waals surface area contributed by atoms with Crippen LogP contribution in [0.5, 0.6) is 11.6 Å². The molecule has 0 fully saturated rings. The molecule has 0 saturated carbocycles. The smallest absolute Gasteiger partial charge is 0.238 e. The summed E-state index contributed by atoms with van der Waals surface area (Å²) in [7, 11) is 0. The monoisotopic (exact) mass is 249 g/mol. The van der Waals surface area contributed by atoms with Crippen molar-refractivity contribution in [1.82, 2.24) is 10.2 Å². The summed E-state index contributed by atoms with van der Waals surface area (Å²) >= 11 is 0. The predicted molar refractivity (Wildman–Crippen MR) is 67.1 cm³/mol. The molecule has 0 spiro atoms. The van der Waals surface area contributed by atoms with E-state index in [1.807, 2.05) is 6.92 Å². The van der Waals surface area contributed by atoms with E-state index in [1.54, 1.807) is 26.0 Å². The number of aromatic amines is 1. The molecule has 18 heavy (non-hydrogen) atoms. The van der Waals surface area contributed by atoms with Crippen molar-refractivity contribution in [3.05, 3.63) is 40.8 Å². The molecule has 5 heteroatoms. The van der Waals surface area contributed by atoms with E-state index in [9.17, 15) is 4.39 Å². The highest BCUT2D eigenvalue weighted by Crippen LogP contribution is 2.30. The first-order valence-corrected chi connectivity index (χ1v) is 5.73. The number of nitrogens with two attached hydrogens (primary N) is 1. The van der Waals surface area contributed by atoms with E-state index in [1.165, 1.54) is 6.07 Å². The van der Waals surface area contributed by atoms with Gasteiger partial charge >= 0.3 is 0 Å². The van der Waals surface area contributed by atoms with E-state index in [0.717, 1.165) is 5.69 Å². The summed E-state index contributed by atoms with van der Waals surface area (Å²) < 4.78 is 19.2. The first-order chi connectivity index (χ1) is 8.47. The summed E-state index contributed by atoms with van der Waals surface area (Å²) in [4.78, 5) is 0. The Labute approximate surface area is 105 Å². The summed E-state index contributed by atoms with van der Waals surface area (Å²) in [5, 5.41) is 6.77. The molecule has 0 aliphatic heterocycles. The van der Waals surface area contributed by atoms with Gasteiger partial charge in [0.25, 0.3) is 0 Å². The summed E-state index contributed by atoms with van der Waals surface area (Å²) in [6, 6.07) is 4.51. The summed E-state index contributed by atoms with van der Waals surface area (Å²) in [5.41, 5.74) is 7.85. The maximum atomic E-state index is 13.5. The molecule has 1 aromatic carbocycles. The highest BCUT2D eigenvalue weighted by molar-refractivity contribution is 5.41. The van der Waals surface area contributed by atoms with Gasteiger partial charge in [-0.3, -0.25) is 5.10 Å². The molecular weight excluding hydrogens is 233 g/mol. The van der Waals surface area contributed by atoms with Gasteiger partial charge in [-0.2, -0.15) is 0 Å². The molecular formula is C13H16FN3O. The van der Waals surface area contributed by atoms with Gasteiger partial charge in [-0.05, 0) is 38.5 Å². The second kappa shape index (κ2) is 4.78. The lowest BCUT2D eigenvalue weighted by molar-refractivity contribution is 0.449. The Kier molecular flexibility index (Phi) is 3.34. The average molecular weight is 249 g/mol. The van der Waals surface area contributed by atoms with Crippen LogP contribution >= 0.6 is 0 Å². The molecule has 96 valence electrons. The topological polar surface area (TPSA) is 63.9 Å². The van der Waals surface area contributed by atoms with Crippen LogP contribution in [0, 0.1) is 19.7 Å². The second-order valence-corrected chi connectivity index (χ2v) is 4.42. The van der Waals surface area contributed by atoms with Crippen LogP contribution in [0.15, 0.2) is 18.2 Å². The molecule has 2 aromatic rings. The van der Waals surface area contributed by atoms with Gasteiger partial charge in [-0.15, -0.1) is 5.10 Å². The number of nitrogens with one attached hydrogen (secondary N) is 1. The van der Waals surface area contributed by atoms with Crippen LogP contribution in [0.3, 0.4) is 0 Å². The standard InChI is InChI=1S/C13H16FN3O/c1-7-4-12(10(9(3)15)6-11(7)14)18-13-5-8(2)16-17-13/h4-6,9H,15H2,1-3H3,(H,16,17). The number of benzene rings is 1. The number of halogens is 1. The lowest BCUT2D eigenvalue weighted by Crippen LogP contribution is -2.08. The Morgan fingerprint density at radius 1 is 1.33 bits per heavy atom. The maximum absolute atomic E-state index is 13.5. The maximum Gasteiger partial charge on any atom is 0.238 e. The fraction of sp³-hybridized carbons (Fsp3) is 0.308. The third-order valence-corrected chi connectivity index (χ3v) is 2.68. The van der Waals surface area contributed by atoms with E-state index in [-0.39, 0.29) is 11.9 Å². The van der Waals surface area contributed by atoms with Crippen LogP contribution in [0.2, 0.25) is 0 Å². The van der Waals surface area contributed by atoms with Crippen LogP contribution in [0.4, 0.5) is 4.39 Å². The van der Waals surface area contributed by atoms with Crippen molar-refractivity contribution in [1.29, 1.82) is 0 Å². The summed E-state index contributed by atoms with van der Waals surface area (Å²) in [6.45, 7) is 5.35. The molecule has 0 aliphatic rings. The van der Waals surface area contributed by atoms with Gasteiger partial charge in [0.05, 0.1) is 0 Å². The average Bonchev–Trinajstić information content (AvgIpc) is 2.68. The normalized spacial score (nSPS) is 12.5. The minimum absolute atomic E-state index is 0.284. The van der Waals surface area contributed by atoms with E-state index in [0.29, 0.717) is 22.8 Å². The van der Waals surface area contributed by atoms with Crippen molar-refractivity contribution in [3.63, 3.8) is 0 Å². The second-order valence-electron chi connectivity index (χ2n) is 4.42. The highest BCUT2D eigenvalue weighted by atomic mass is 19.1. The zero-order valence-corrected chi connectivity index (χ0v) is 10.6. The Balaban J connectivity index is 2.39. The lowest BCUT2D eigenvalue weighted by Gasteiger charge is -2.13. The first kappa shape index (κ1) is 12.6. The third kappa shape index (κ3) is 2.51. The van der Waals surface area contributed by atoms with Gasteiger partial charge in [0.1, 0.15) is 11.6 Å². The Bertz CT molecular complexity index is 563. The molecule has 1 heterocycles. The fourth-order valence-electron chi connectivity index (χ4n) is 1.67. The first-order valence-electron chi connectivity index (χ1n) is 5.73. The zero-order valence-electron chi connectivity index (χ0n) is 10.6. The Morgan fingerprint density at radius 2 is 2.06 bits per heavy atom. The van der Waals surface area contributed by atoms with E-state index in [4.69, 9.17) is 10.5 Å². The van der Waals surface area contributed by atoms with Crippen LogP contribution in [-0.4, -0.2) is 10.2 Å². The Morgan fingerprint density at radius 3 is 2.61 bits per heavy atom. The zero-order chi connectivity index (χ0) is 13.3. The summed E-state index contributed by atoms with van der Waals surface area (Å²) in [6.07, 6.45) is 0. The van der Waals surface area contributed by atoms with Crippen LogP contribution in [-0.2, 0) is 0 Å². The van der Waals surface area contributed by atoms with Crippen LogP contribution in [0.25, 0.3) is 0 Å². The van der Waals surface area contributed by atoms with Gasteiger partial charge in [0.15, 0.2) is 0 Å². The van der Waals surface area contributed by atoms with Crippen LogP contribution < -0.4 is 10.5 Å². The van der Waals surface area contributed by atoms with Crippen molar-refractivity contribution < 1.29 is 9.13 Å². The van der Waals surface area contributed by atoms with Gasteiger partial charge in [-0.25, -0.2) is 4.39 Å². The van der Waals surface area contributed by atoms with Crippen molar-refractivity contribution in [2.45, 2.75) is 26.8 Å². The van der Waals surface area contributed by atoms with E-state index in [2.05, 4.69) is 10.2 Å². The molecule has 0 bridgehead atoms. The summed E-state index contributed by atoms with van der Waals surface area (Å²) in [5.74, 6) is 0.698. The van der Waals surface area contributed by atoms with Gasteiger partial charge in [-0.1, -0.05) is 0 Å². The molecule has 4 nitrogen and oxygen atoms in total. The number of aryl methyl sites for hydroxylation is 2. The van der Waals surface area contributed by atoms with Gasteiger partial charge < -0.3 is 10.5 Å². The number of nitrogens with zero attached hydrogens (tertiary/aromatic N) is 1. The van der Waals surface area contributed by atoms with E-state index < -0.39 is 0 Å². The van der Waals surface area contributed by atoms with Gasteiger partial charge in [0, 0.05) is 23.4 Å². The lowest BCUT2D eigenvalue weighted by atomic mass is 10.1. The minimum atomic E-state index is -0.310. The molecule has 0 saturated heterocycles. The van der Waals surface area contributed by atoms with E-state index >= 15 is 0 Å². The molecule has 1 aromatic heterocycles. The fourth-order valence-corrected chi connectivity index (χ4v) is 1.67. The molecule has 0 aliphatic carbocycles. The third-order valence-electron chi connectivity index (χ3n) is 2.68. The largest absolute Gasteiger partial charge is 0.437 e. The molecule has 1 unspecified atom stereocenters. The van der Waals surface area contributed by atoms with Crippen molar-refractivity contribution in [2.75, 3.05) is 0 Å². The van der Waals surface area contributed by atoms with Crippen molar-refractivity contribution in [2.24, 2.45) is 5.73 Å². The number of aromatic nitrogens is 2. The molecule has 0 radical (unpaired) electrons. The number of hydrogen-bond donors (Lipinski definition) is 2. The van der Waals surface area contributed by atoms with Crippen LogP contribution in [0.1, 0.15) is 29.8 Å². The quantitative estimate of drug-likeness (QED) is 0.879. The predicted octanol–water partition coefficient (Wildman–Crippen LogP) is 2.98. The number of hydrogen-bond acceptors (Lipinski definition) is 3. The Hall–Kier alpha value is -1.88. The highest BCUT2D eigenvalue weighted by Gasteiger charge is 2.13. The minimum Gasteiger partial charge on any atom is -0.437 e. The van der Waals surface area contributed by atoms with Gasteiger partial charge in [0.2, 0.25) is 5.88 Å². The number of H-pyrrole nitrogens is 1. The van der Waals surface area contributed by atoms with Crippen molar-refractivity contribution >= 4 is 0 Å². The molecule has 2 rings (SSSR count). The number of ether oxygens (including phenoxy) is 1. The number of rotatable bonds is 3. The SMILES string of the molecule is Cc1cc(Oc2cc(C)c(F)cc2C(C)N)n[nH]1. The molecule has 3 N–H and O–H groups in total. The molecule has 1 atom stereocenters.